The molecule has 0 bridgehead atoms. The van der Waals surface area contributed by atoms with Crippen LogP contribution < -0.4 is 4.74 Å². The molecular formula is C21H25FN2O4S. The molecule has 0 aromatic heterocycles. The molecule has 0 N–H and O–H groups in total. The van der Waals surface area contributed by atoms with E-state index in [2.05, 4.69) is 0 Å². The monoisotopic (exact) mass is 420 g/mol. The summed E-state index contributed by atoms with van der Waals surface area (Å²) in [5.41, 5.74) is 1.16. The lowest BCUT2D eigenvalue weighted by Crippen LogP contribution is -2.50. The molecule has 6 nitrogen and oxygen atoms in total. The standard InChI is InChI=1S/C21H25FN2O4S/c1-17-7-9-19(10-8-17)28-15-3-6-21(25)23-11-13-24(14-12-23)29(26,27)20-5-2-4-18(22)16-20/h2,4-5,7-10,16H,3,6,11-15H2,1H3. The number of ether oxygens (including phenoxy) is 1. The normalized spacial score (nSPS) is 15.3. The molecule has 8 heteroatoms. The van der Waals surface area contributed by atoms with Crippen LogP contribution in [0, 0.1) is 12.7 Å². The highest BCUT2D eigenvalue weighted by atomic mass is 32.2. The first kappa shape index (κ1) is 21.3. The maximum Gasteiger partial charge on any atom is 0.243 e. The van der Waals surface area contributed by atoms with Crippen molar-refractivity contribution in [2.45, 2.75) is 24.7 Å². The predicted octanol–water partition coefficient (Wildman–Crippen LogP) is 2.83. The van der Waals surface area contributed by atoms with Crippen molar-refractivity contribution in [3.63, 3.8) is 0 Å². The molecule has 1 saturated heterocycles. The van der Waals surface area contributed by atoms with Crippen LogP contribution in [0.4, 0.5) is 4.39 Å². The second-order valence-electron chi connectivity index (χ2n) is 7.01. The van der Waals surface area contributed by atoms with E-state index in [-0.39, 0.29) is 23.9 Å². The number of benzene rings is 2. The lowest BCUT2D eigenvalue weighted by molar-refractivity contribution is -0.132. The Morgan fingerprint density at radius 3 is 2.41 bits per heavy atom. The maximum atomic E-state index is 13.4. The molecule has 1 amide bonds. The van der Waals surface area contributed by atoms with E-state index in [4.69, 9.17) is 4.74 Å². The number of halogens is 1. The van der Waals surface area contributed by atoms with Crippen molar-refractivity contribution in [2.75, 3.05) is 32.8 Å². The summed E-state index contributed by atoms with van der Waals surface area (Å²) >= 11 is 0. The summed E-state index contributed by atoms with van der Waals surface area (Å²) in [6, 6.07) is 12.7. The van der Waals surface area contributed by atoms with Crippen molar-refractivity contribution >= 4 is 15.9 Å². The SMILES string of the molecule is Cc1ccc(OCCCC(=O)N2CCN(S(=O)(=O)c3cccc(F)c3)CC2)cc1. The number of nitrogens with zero attached hydrogens (tertiary/aromatic N) is 2. The third-order valence-electron chi connectivity index (χ3n) is 4.85. The van der Waals surface area contributed by atoms with Gasteiger partial charge in [-0.3, -0.25) is 4.79 Å². The van der Waals surface area contributed by atoms with Gasteiger partial charge in [-0.1, -0.05) is 23.8 Å². The highest BCUT2D eigenvalue weighted by Gasteiger charge is 2.30. The number of aryl methyl sites for hydroxylation is 1. The van der Waals surface area contributed by atoms with Crippen LogP contribution in [-0.4, -0.2) is 56.3 Å². The van der Waals surface area contributed by atoms with Crippen molar-refractivity contribution in [3.05, 3.63) is 59.9 Å². The van der Waals surface area contributed by atoms with Gasteiger partial charge >= 0.3 is 0 Å². The number of hydrogen-bond donors (Lipinski definition) is 0. The van der Waals surface area contributed by atoms with Gasteiger partial charge in [0.1, 0.15) is 11.6 Å². The minimum atomic E-state index is -3.75. The quantitative estimate of drug-likeness (QED) is 0.646. The van der Waals surface area contributed by atoms with Crippen LogP contribution in [0.3, 0.4) is 0 Å². The Morgan fingerprint density at radius 1 is 1.07 bits per heavy atom. The van der Waals surface area contributed by atoms with Gasteiger partial charge in [-0.25, -0.2) is 12.8 Å². The Labute approximate surface area is 170 Å². The second kappa shape index (κ2) is 9.37. The molecule has 0 atom stereocenters. The van der Waals surface area contributed by atoms with Crippen molar-refractivity contribution in [1.29, 1.82) is 0 Å². The fourth-order valence-electron chi connectivity index (χ4n) is 3.16. The Balaban J connectivity index is 1.44. The summed E-state index contributed by atoms with van der Waals surface area (Å²) in [5, 5.41) is 0. The second-order valence-corrected chi connectivity index (χ2v) is 8.95. The van der Waals surface area contributed by atoms with Gasteiger partial charge in [0, 0.05) is 32.6 Å². The number of carbonyl (C=O) groups excluding carboxylic acids is 1. The molecule has 0 radical (unpaired) electrons. The molecule has 0 unspecified atom stereocenters. The zero-order valence-electron chi connectivity index (χ0n) is 16.4. The third-order valence-corrected chi connectivity index (χ3v) is 6.74. The zero-order chi connectivity index (χ0) is 20.9. The Bertz CT molecular complexity index is 939. The molecule has 2 aromatic carbocycles. The number of carbonyl (C=O) groups is 1. The Kier molecular flexibility index (Phi) is 6.87. The molecule has 1 aliphatic heterocycles. The number of sulfonamides is 1. The summed E-state index contributed by atoms with van der Waals surface area (Å²) in [6.45, 7) is 3.50. The molecule has 1 heterocycles. The number of rotatable bonds is 7. The van der Waals surface area contributed by atoms with Gasteiger partial charge in [-0.15, -0.1) is 0 Å². The van der Waals surface area contributed by atoms with E-state index >= 15 is 0 Å². The number of amides is 1. The number of hydrogen-bond acceptors (Lipinski definition) is 4. The van der Waals surface area contributed by atoms with Gasteiger partial charge in [0.05, 0.1) is 11.5 Å². The van der Waals surface area contributed by atoms with E-state index < -0.39 is 15.8 Å². The smallest absolute Gasteiger partial charge is 0.243 e. The average Bonchev–Trinajstić information content (AvgIpc) is 2.72. The summed E-state index contributed by atoms with van der Waals surface area (Å²) in [5.74, 6) is 0.173. The molecule has 29 heavy (non-hydrogen) atoms. The molecule has 1 fully saturated rings. The number of piperazine rings is 1. The van der Waals surface area contributed by atoms with E-state index in [0.29, 0.717) is 32.5 Å². The van der Waals surface area contributed by atoms with E-state index in [9.17, 15) is 17.6 Å². The summed E-state index contributed by atoms with van der Waals surface area (Å²) in [7, 11) is -3.75. The van der Waals surface area contributed by atoms with E-state index in [1.165, 1.54) is 22.5 Å². The molecule has 1 aliphatic rings. The largest absolute Gasteiger partial charge is 0.494 e. The van der Waals surface area contributed by atoms with Crippen LogP contribution in [0.5, 0.6) is 5.75 Å². The summed E-state index contributed by atoms with van der Waals surface area (Å²) in [6.07, 6.45) is 0.941. The van der Waals surface area contributed by atoms with Crippen LogP contribution in [0.25, 0.3) is 0 Å². The van der Waals surface area contributed by atoms with Gasteiger partial charge in [-0.05, 0) is 43.7 Å². The van der Waals surface area contributed by atoms with Gasteiger partial charge in [0.25, 0.3) is 0 Å². The Morgan fingerprint density at radius 2 is 1.76 bits per heavy atom. The van der Waals surface area contributed by atoms with Crippen LogP contribution in [0.2, 0.25) is 0 Å². The maximum absolute atomic E-state index is 13.4. The van der Waals surface area contributed by atoms with E-state index in [0.717, 1.165) is 17.4 Å². The highest BCUT2D eigenvalue weighted by Crippen LogP contribution is 2.19. The fraction of sp³-hybridized carbons (Fsp3) is 0.381. The van der Waals surface area contributed by atoms with Gasteiger partial charge in [0.15, 0.2) is 0 Å². The average molecular weight is 421 g/mol. The molecule has 0 aliphatic carbocycles. The topological polar surface area (TPSA) is 66.9 Å². The first-order valence-corrected chi connectivity index (χ1v) is 11.0. The minimum Gasteiger partial charge on any atom is -0.494 e. The molecule has 0 saturated carbocycles. The van der Waals surface area contributed by atoms with Crippen LogP contribution in [-0.2, 0) is 14.8 Å². The third kappa shape index (κ3) is 5.55. The van der Waals surface area contributed by atoms with Crippen molar-refractivity contribution in [1.82, 2.24) is 9.21 Å². The first-order valence-electron chi connectivity index (χ1n) is 9.59. The van der Waals surface area contributed by atoms with Crippen molar-refractivity contribution in [3.8, 4) is 5.75 Å². The zero-order valence-corrected chi connectivity index (χ0v) is 17.2. The summed E-state index contributed by atoms with van der Waals surface area (Å²) in [4.78, 5) is 14.0. The summed E-state index contributed by atoms with van der Waals surface area (Å²) < 4.78 is 45.5. The predicted molar refractivity (Wildman–Crippen MR) is 108 cm³/mol. The lowest BCUT2D eigenvalue weighted by Gasteiger charge is -2.34. The minimum absolute atomic E-state index is 0.0136. The van der Waals surface area contributed by atoms with E-state index in [1.54, 1.807) is 4.90 Å². The first-order chi connectivity index (χ1) is 13.9. The molecular weight excluding hydrogens is 395 g/mol. The van der Waals surface area contributed by atoms with Crippen molar-refractivity contribution in [2.24, 2.45) is 0 Å². The molecule has 0 spiro atoms. The Hall–Kier alpha value is -2.45. The lowest BCUT2D eigenvalue weighted by atomic mass is 10.2. The molecule has 156 valence electrons. The van der Waals surface area contributed by atoms with E-state index in [1.807, 2.05) is 31.2 Å². The van der Waals surface area contributed by atoms with Gasteiger partial charge < -0.3 is 9.64 Å². The van der Waals surface area contributed by atoms with Gasteiger partial charge in [0.2, 0.25) is 15.9 Å². The molecule has 2 aromatic rings. The van der Waals surface area contributed by atoms with Crippen LogP contribution >= 0.6 is 0 Å². The van der Waals surface area contributed by atoms with Gasteiger partial charge in [-0.2, -0.15) is 4.31 Å². The van der Waals surface area contributed by atoms with Crippen LogP contribution in [0.1, 0.15) is 18.4 Å². The van der Waals surface area contributed by atoms with Crippen LogP contribution in [0.15, 0.2) is 53.4 Å². The van der Waals surface area contributed by atoms with Crippen molar-refractivity contribution < 1.29 is 22.3 Å². The fourth-order valence-corrected chi connectivity index (χ4v) is 4.61. The molecule has 3 rings (SSSR count). The highest BCUT2D eigenvalue weighted by molar-refractivity contribution is 7.89.